The number of carbonyl (C=O) groups is 1. The SMILES string of the molecule is O=NN[C@@H](Cc1ccc(O)cc1)C(=O)O. The Kier molecular flexibility index (Phi) is 3.61. The number of benzene rings is 1. The standard InChI is InChI=1S/C9H10N2O4/c12-7-3-1-6(2-4-7)5-8(9(13)14)10-11-15/h1-4,8,12H,5H2,(H,10,15)(H,13,14)/t8-/m0/s1. The number of nitrogens with zero attached hydrogens (tertiary/aromatic N) is 1. The van der Waals surface area contributed by atoms with Crippen LogP contribution in [0.1, 0.15) is 5.56 Å². The third-order valence-electron chi connectivity index (χ3n) is 1.88. The molecule has 0 aliphatic heterocycles. The van der Waals surface area contributed by atoms with Gasteiger partial charge in [0, 0.05) is 6.42 Å². The van der Waals surface area contributed by atoms with Crippen LogP contribution in [-0.4, -0.2) is 22.2 Å². The summed E-state index contributed by atoms with van der Waals surface area (Å²) in [5, 5.41) is 20.1. The zero-order valence-electron chi connectivity index (χ0n) is 7.75. The van der Waals surface area contributed by atoms with E-state index in [1.165, 1.54) is 12.1 Å². The van der Waals surface area contributed by atoms with Gasteiger partial charge >= 0.3 is 5.97 Å². The average Bonchev–Trinajstić information content (AvgIpc) is 2.20. The molecule has 1 atom stereocenters. The summed E-state index contributed by atoms with van der Waals surface area (Å²) in [4.78, 5) is 20.5. The number of rotatable bonds is 5. The van der Waals surface area contributed by atoms with Crippen LogP contribution in [0.5, 0.6) is 5.75 Å². The molecule has 6 nitrogen and oxygen atoms in total. The molecule has 0 aliphatic rings. The molecular formula is C9H10N2O4. The monoisotopic (exact) mass is 210 g/mol. The molecule has 0 aromatic heterocycles. The molecule has 0 radical (unpaired) electrons. The highest BCUT2D eigenvalue weighted by Crippen LogP contribution is 2.11. The minimum atomic E-state index is -1.15. The van der Waals surface area contributed by atoms with E-state index in [0.717, 1.165) is 0 Å². The lowest BCUT2D eigenvalue weighted by atomic mass is 10.1. The molecule has 0 unspecified atom stereocenters. The highest BCUT2D eigenvalue weighted by Gasteiger charge is 2.17. The fourth-order valence-electron chi connectivity index (χ4n) is 1.12. The number of hydrogen-bond donors (Lipinski definition) is 3. The quantitative estimate of drug-likeness (QED) is 0.489. The van der Waals surface area contributed by atoms with Gasteiger partial charge in [-0.1, -0.05) is 12.1 Å². The predicted molar refractivity (Wildman–Crippen MR) is 52.2 cm³/mol. The maximum atomic E-state index is 10.6. The van der Waals surface area contributed by atoms with Crippen LogP contribution in [0.3, 0.4) is 0 Å². The molecule has 0 fully saturated rings. The molecule has 0 heterocycles. The van der Waals surface area contributed by atoms with Crippen molar-refractivity contribution in [2.75, 3.05) is 0 Å². The lowest BCUT2D eigenvalue weighted by Gasteiger charge is -2.09. The van der Waals surface area contributed by atoms with Crippen LogP contribution in [0.2, 0.25) is 0 Å². The van der Waals surface area contributed by atoms with Crippen LogP contribution < -0.4 is 5.43 Å². The van der Waals surface area contributed by atoms with Crippen molar-refractivity contribution in [1.29, 1.82) is 0 Å². The number of aromatic hydroxyl groups is 1. The Morgan fingerprint density at radius 2 is 2.00 bits per heavy atom. The minimum Gasteiger partial charge on any atom is -0.508 e. The number of nitroso groups, excluding NO2 is 1. The number of carboxylic acids is 1. The van der Waals surface area contributed by atoms with Crippen LogP contribution >= 0.6 is 0 Å². The van der Waals surface area contributed by atoms with Gasteiger partial charge in [0.2, 0.25) is 0 Å². The topological polar surface area (TPSA) is 99.0 Å². The predicted octanol–water partition coefficient (Wildman–Crippen LogP) is 0.659. The summed E-state index contributed by atoms with van der Waals surface area (Å²) < 4.78 is 0. The maximum absolute atomic E-state index is 10.6. The Bertz CT molecular complexity index is 350. The van der Waals surface area contributed by atoms with Crippen molar-refractivity contribution in [1.82, 2.24) is 5.43 Å². The molecule has 0 saturated carbocycles. The molecule has 1 rings (SSSR count). The zero-order valence-corrected chi connectivity index (χ0v) is 7.75. The summed E-state index contributed by atoms with van der Waals surface area (Å²) in [5.41, 5.74) is 2.64. The number of carboxylic acid groups (broad SMARTS) is 1. The molecule has 80 valence electrons. The summed E-state index contributed by atoms with van der Waals surface area (Å²) >= 11 is 0. The maximum Gasteiger partial charge on any atom is 0.328 e. The fourth-order valence-corrected chi connectivity index (χ4v) is 1.12. The summed E-state index contributed by atoms with van der Waals surface area (Å²) in [6.45, 7) is 0. The molecule has 1 aromatic carbocycles. The third kappa shape index (κ3) is 3.26. The Morgan fingerprint density at radius 3 is 2.47 bits per heavy atom. The van der Waals surface area contributed by atoms with Crippen molar-refractivity contribution >= 4 is 5.97 Å². The van der Waals surface area contributed by atoms with Crippen molar-refractivity contribution in [3.63, 3.8) is 0 Å². The van der Waals surface area contributed by atoms with Crippen LogP contribution in [0.25, 0.3) is 0 Å². The van der Waals surface area contributed by atoms with Crippen molar-refractivity contribution in [2.24, 2.45) is 5.29 Å². The van der Waals surface area contributed by atoms with Gasteiger partial charge in [-0.2, -0.15) is 0 Å². The molecule has 0 amide bonds. The summed E-state index contributed by atoms with van der Waals surface area (Å²) in [7, 11) is 0. The van der Waals surface area contributed by atoms with Crippen molar-refractivity contribution in [3.05, 3.63) is 34.7 Å². The Labute approximate surface area is 85.5 Å². The molecule has 15 heavy (non-hydrogen) atoms. The first-order chi connectivity index (χ1) is 7.13. The van der Waals surface area contributed by atoms with E-state index in [-0.39, 0.29) is 12.2 Å². The molecule has 3 N–H and O–H groups in total. The first kappa shape index (κ1) is 11.0. The van der Waals surface area contributed by atoms with E-state index < -0.39 is 12.0 Å². The second-order valence-electron chi connectivity index (χ2n) is 2.98. The van der Waals surface area contributed by atoms with E-state index in [4.69, 9.17) is 10.2 Å². The first-order valence-corrected chi connectivity index (χ1v) is 4.22. The van der Waals surface area contributed by atoms with E-state index in [1.807, 2.05) is 5.43 Å². The summed E-state index contributed by atoms with van der Waals surface area (Å²) in [6, 6.07) is 5.01. The Balaban J connectivity index is 2.69. The average molecular weight is 210 g/mol. The van der Waals surface area contributed by atoms with Crippen molar-refractivity contribution in [2.45, 2.75) is 12.5 Å². The Morgan fingerprint density at radius 1 is 1.40 bits per heavy atom. The van der Waals surface area contributed by atoms with Crippen LogP contribution in [0.4, 0.5) is 0 Å². The lowest BCUT2D eigenvalue weighted by molar-refractivity contribution is -0.139. The van der Waals surface area contributed by atoms with E-state index in [0.29, 0.717) is 5.56 Å². The number of phenolic OH excluding ortho intramolecular Hbond substituents is 1. The Hall–Kier alpha value is -2.11. The molecular weight excluding hydrogens is 200 g/mol. The zero-order chi connectivity index (χ0) is 11.3. The van der Waals surface area contributed by atoms with Gasteiger partial charge in [0.15, 0.2) is 0 Å². The van der Waals surface area contributed by atoms with E-state index in [1.54, 1.807) is 12.1 Å². The second-order valence-corrected chi connectivity index (χ2v) is 2.98. The van der Waals surface area contributed by atoms with Gasteiger partial charge in [0.05, 0.1) is 5.29 Å². The number of aliphatic carboxylic acids is 1. The van der Waals surface area contributed by atoms with Gasteiger partial charge in [0.25, 0.3) is 0 Å². The summed E-state index contributed by atoms with van der Waals surface area (Å²) in [6.07, 6.45) is 0.126. The summed E-state index contributed by atoms with van der Waals surface area (Å²) in [5.74, 6) is -1.05. The highest BCUT2D eigenvalue weighted by molar-refractivity contribution is 5.73. The van der Waals surface area contributed by atoms with Crippen LogP contribution in [0.15, 0.2) is 29.6 Å². The number of phenols is 1. The van der Waals surface area contributed by atoms with Crippen molar-refractivity contribution in [3.8, 4) is 5.75 Å². The van der Waals surface area contributed by atoms with Gasteiger partial charge in [-0.05, 0) is 17.7 Å². The molecule has 0 bridgehead atoms. The van der Waals surface area contributed by atoms with E-state index in [9.17, 15) is 9.70 Å². The van der Waals surface area contributed by atoms with Gasteiger partial charge < -0.3 is 10.2 Å². The highest BCUT2D eigenvalue weighted by atomic mass is 16.4. The third-order valence-corrected chi connectivity index (χ3v) is 1.88. The lowest BCUT2D eigenvalue weighted by Crippen LogP contribution is -2.34. The smallest absolute Gasteiger partial charge is 0.328 e. The molecule has 1 aromatic rings. The van der Waals surface area contributed by atoms with Gasteiger partial charge in [-0.25, -0.2) is 4.79 Å². The molecule has 6 heteroatoms. The number of nitrogens with one attached hydrogen (secondary N) is 1. The van der Waals surface area contributed by atoms with Crippen molar-refractivity contribution < 1.29 is 15.0 Å². The normalized spacial score (nSPS) is 11.7. The van der Waals surface area contributed by atoms with E-state index >= 15 is 0 Å². The fraction of sp³-hybridized carbons (Fsp3) is 0.222. The molecule has 0 aliphatic carbocycles. The number of hydrogen-bond acceptors (Lipinski definition) is 4. The van der Waals surface area contributed by atoms with Crippen LogP contribution in [0, 0.1) is 4.91 Å². The van der Waals surface area contributed by atoms with Crippen LogP contribution in [-0.2, 0) is 11.2 Å². The largest absolute Gasteiger partial charge is 0.508 e. The van der Waals surface area contributed by atoms with Gasteiger partial charge in [0.1, 0.15) is 11.8 Å². The van der Waals surface area contributed by atoms with E-state index in [2.05, 4.69) is 5.29 Å². The molecule has 0 saturated heterocycles. The molecule has 0 spiro atoms. The van der Waals surface area contributed by atoms with Gasteiger partial charge in [-0.3, -0.25) is 5.43 Å². The first-order valence-electron chi connectivity index (χ1n) is 4.22. The minimum absolute atomic E-state index is 0.104. The van der Waals surface area contributed by atoms with Gasteiger partial charge in [-0.15, -0.1) is 4.91 Å². The second kappa shape index (κ2) is 4.94.